The van der Waals surface area contributed by atoms with Gasteiger partial charge in [0.25, 0.3) is 0 Å². The van der Waals surface area contributed by atoms with E-state index in [0.29, 0.717) is 0 Å². The van der Waals surface area contributed by atoms with E-state index < -0.39 is 0 Å². The van der Waals surface area contributed by atoms with Gasteiger partial charge >= 0.3 is 0 Å². The van der Waals surface area contributed by atoms with Crippen LogP contribution in [0.15, 0.2) is 140 Å². The quantitative estimate of drug-likeness (QED) is 0.176. The first-order chi connectivity index (χ1) is 19.8. The van der Waals surface area contributed by atoms with Gasteiger partial charge in [-0.25, -0.2) is 4.98 Å². The highest BCUT2D eigenvalue weighted by atomic mass is 14.8. The number of hydrogen-bond acceptors (Lipinski definition) is 3. The molecule has 0 saturated heterocycles. The van der Waals surface area contributed by atoms with Gasteiger partial charge in [-0.2, -0.15) is 0 Å². The Morgan fingerprint density at radius 3 is 1.62 bits per heavy atom. The molecule has 3 aromatic heterocycles. The second-order valence-corrected chi connectivity index (χ2v) is 10.1. The van der Waals surface area contributed by atoms with Crippen molar-refractivity contribution in [2.75, 3.05) is 0 Å². The maximum atomic E-state index is 5.31. The third-order valence-electron chi connectivity index (χ3n) is 7.76. The second-order valence-electron chi connectivity index (χ2n) is 10.1. The zero-order valence-corrected chi connectivity index (χ0v) is 21.6. The van der Waals surface area contributed by atoms with Crippen LogP contribution in [0.4, 0.5) is 0 Å². The molecule has 0 fully saturated rings. The molecule has 40 heavy (non-hydrogen) atoms. The Labute approximate surface area is 231 Å². The molecule has 8 aromatic rings. The highest BCUT2D eigenvalue weighted by Crippen LogP contribution is 2.40. The number of benzene rings is 5. The van der Waals surface area contributed by atoms with Crippen LogP contribution in [-0.4, -0.2) is 15.0 Å². The lowest BCUT2D eigenvalue weighted by Gasteiger charge is -2.15. The van der Waals surface area contributed by atoms with Crippen LogP contribution in [0.1, 0.15) is 0 Å². The van der Waals surface area contributed by atoms with Gasteiger partial charge in [-0.1, -0.05) is 103 Å². The molecule has 0 saturated carbocycles. The number of rotatable bonds is 3. The molecule has 8 rings (SSSR count). The molecule has 0 aliphatic heterocycles. The molecule has 0 atom stereocenters. The minimum absolute atomic E-state index is 0.868. The number of aromatic nitrogens is 3. The number of fused-ring (bicyclic) bond motifs is 6. The molecule has 3 nitrogen and oxygen atoms in total. The SMILES string of the molecule is c1ccc(-c2cc(-c3ccc(-c4c5ccc6ccccc6c5nc5c4ccc4ccccc45)cc3)ccn2)nc1. The Bertz CT molecular complexity index is 2110. The van der Waals surface area contributed by atoms with E-state index in [1.807, 2.05) is 24.4 Å². The molecule has 3 heterocycles. The van der Waals surface area contributed by atoms with Crippen molar-refractivity contribution in [2.45, 2.75) is 0 Å². The van der Waals surface area contributed by atoms with Crippen LogP contribution in [0.2, 0.25) is 0 Å². The predicted molar refractivity (Wildman–Crippen MR) is 166 cm³/mol. The van der Waals surface area contributed by atoms with Crippen LogP contribution in [0.25, 0.3) is 77.0 Å². The van der Waals surface area contributed by atoms with Gasteiger partial charge in [-0.15, -0.1) is 0 Å². The van der Waals surface area contributed by atoms with E-state index in [-0.39, 0.29) is 0 Å². The normalized spacial score (nSPS) is 11.5. The van der Waals surface area contributed by atoms with Gasteiger partial charge in [0.1, 0.15) is 0 Å². The van der Waals surface area contributed by atoms with Gasteiger partial charge in [0.2, 0.25) is 0 Å². The molecular weight excluding hydrogens is 486 g/mol. The van der Waals surface area contributed by atoms with Crippen molar-refractivity contribution in [1.82, 2.24) is 15.0 Å². The number of pyridine rings is 3. The average Bonchev–Trinajstić information content (AvgIpc) is 3.04. The van der Waals surface area contributed by atoms with Gasteiger partial charge in [0.05, 0.1) is 22.4 Å². The van der Waals surface area contributed by atoms with Crippen LogP contribution in [0, 0.1) is 0 Å². The van der Waals surface area contributed by atoms with Crippen molar-refractivity contribution in [3.8, 4) is 33.6 Å². The first-order valence-corrected chi connectivity index (χ1v) is 13.4. The molecule has 0 aliphatic carbocycles. The molecule has 0 unspecified atom stereocenters. The van der Waals surface area contributed by atoms with Crippen LogP contribution < -0.4 is 0 Å². The van der Waals surface area contributed by atoms with Gasteiger partial charge in [-0.3, -0.25) is 9.97 Å². The van der Waals surface area contributed by atoms with Gasteiger partial charge in [0.15, 0.2) is 0 Å². The summed E-state index contributed by atoms with van der Waals surface area (Å²) in [5.41, 5.74) is 8.45. The summed E-state index contributed by atoms with van der Waals surface area (Å²) in [7, 11) is 0. The van der Waals surface area contributed by atoms with Gasteiger partial charge < -0.3 is 0 Å². The van der Waals surface area contributed by atoms with Crippen LogP contribution in [-0.2, 0) is 0 Å². The minimum atomic E-state index is 0.868. The lowest BCUT2D eigenvalue weighted by atomic mass is 9.91. The van der Waals surface area contributed by atoms with E-state index >= 15 is 0 Å². The molecule has 5 aromatic carbocycles. The molecule has 3 heteroatoms. The smallest absolute Gasteiger partial charge is 0.0892 e. The summed E-state index contributed by atoms with van der Waals surface area (Å²) < 4.78 is 0. The van der Waals surface area contributed by atoms with Crippen molar-refractivity contribution < 1.29 is 0 Å². The zero-order chi connectivity index (χ0) is 26.5. The monoisotopic (exact) mass is 509 g/mol. The van der Waals surface area contributed by atoms with Crippen LogP contribution in [0.3, 0.4) is 0 Å². The van der Waals surface area contributed by atoms with E-state index in [4.69, 9.17) is 4.98 Å². The van der Waals surface area contributed by atoms with Crippen molar-refractivity contribution in [3.63, 3.8) is 0 Å². The van der Waals surface area contributed by atoms with Gasteiger partial charge in [0, 0.05) is 39.5 Å². The molecule has 0 N–H and O–H groups in total. The molecule has 0 bridgehead atoms. The Morgan fingerprint density at radius 1 is 0.375 bits per heavy atom. The summed E-state index contributed by atoms with van der Waals surface area (Å²) in [6.45, 7) is 0. The summed E-state index contributed by atoms with van der Waals surface area (Å²) in [6.07, 6.45) is 3.65. The topological polar surface area (TPSA) is 38.7 Å². The molecular formula is C37H23N3. The largest absolute Gasteiger partial charge is 0.255 e. The maximum absolute atomic E-state index is 5.31. The Kier molecular flexibility index (Phi) is 5.14. The van der Waals surface area contributed by atoms with E-state index in [9.17, 15) is 0 Å². The Morgan fingerprint density at radius 2 is 0.975 bits per heavy atom. The number of hydrogen-bond donors (Lipinski definition) is 0. The van der Waals surface area contributed by atoms with E-state index in [1.54, 1.807) is 6.20 Å². The van der Waals surface area contributed by atoms with Crippen molar-refractivity contribution >= 4 is 43.4 Å². The third-order valence-corrected chi connectivity index (χ3v) is 7.76. The summed E-state index contributed by atoms with van der Waals surface area (Å²) in [5, 5.41) is 7.07. The lowest BCUT2D eigenvalue weighted by molar-refractivity contribution is 1.25. The van der Waals surface area contributed by atoms with E-state index in [1.165, 1.54) is 32.7 Å². The van der Waals surface area contributed by atoms with Crippen LogP contribution >= 0.6 is 0 Å². The third kappa shape index (κ3) is 3.63. The second kappa shape index (κ2) is 9.11. The van der Waals surface area contributed by atoms with E-state index in [0.717, 1.165) is 44.3 Å². The minimum Gasteiger partial charge on any atom is -0.255 e. The average molecular weight is 510 g/mol. The maximum Gasteiger partial charge on any atom is 0.0892 e. The molecule has 0 spiro atoms. The fourth-order valence-corrected chi connectivity index (χ4v) is 5.82. The highest BCUT2D eigenvalue weighted by molar-refractivity contribution is 6.21. The molecule has 0 aliphatic rings. The molecule has 186 valence electrons. The van der Waals surface area contributed by atoms with Crippen molar-refractivity contribution in [2.24, 2.45) is 0 Å². The summed E-state index contributed by atoms with van der Waals surface area (Å²) >= 11 is 0. The summed E-state index contributed by atoms with van der Waals surface area (Å²) in [5.74, 6) is 0. The number of nitrogens with zero attached hydrogens (tertiary/aromatic N) is 3. The Hall–Kier alpha value is -5.41. The highest BCUT2D eigenvalue weighted by Gasteiger charge is 2.15. The van der Waals surface area contributed by atoms with Gasteiger partial charge in [-0.05, 0) is 51.7 Å². The molecule has 0 amide bonds. The Balaban J connectivity index is 1.35. The fraction of sp³-hybridized carbons (Fsp3) is 0. The first-order valence-electron chi connectivity index (χ1n) is 13.4. The van der Waals surface area contributed by atoms with Crippen LogP contribution in [0.5, 0.6) is 0 Å². The summed E-state index contributed by atoms with van der Waals surface area (Å²) in [6, 6.07) is 44.8. The predicted octanol–water partition coefficient (Wildman–Crippen LogP) is 9.49. The van der Waals surface area contributed by atoms with E-state index in [2.05, 4.69) is 119 Å². The standard InChI is InChI=1S/C37H23N3/c1-3-9-29-25(7-1)16-18-31-35(32-19-17-26-8-2-4-10-30(26)37(32)40-36(29)31)27-14-12-24(13-15-27)28-20-22-39-34(23-28)33-11-5-6-21-38-33/h1-23H. The molecule has 0 radical (unpaired) electrons. The summed E-state index contributed by atoms with van der Waals surface area (Å²) in [4.78, 5) is 14.3. The van der Waals surface area contributed by atoms with Crippen molar-refractivity contribution in [1.29, 1.82) is 0 Å². The zero-order valence-electron chi connectivity index (χ0n) is 21.6. The fourth-order valence-electron chi connectivity index (χ4n) is 5.82. The lowest BCUT2D eigenvalue weighted by Crippen LogP contribution is -1.92. The first kappa shape index (κ1) is 22.6. The van der Waals surface area contributed by atoms with Crippen molar-refractivity contribution in [3.05, 3.63) is 140 Å².